The molecule has 6 nitrogen and oxygen atoms in total. The van der Waals surface area contributed by atoms with Crippen molar-refractivity contribution in [2.24, 2.45) is 0 Å². The molecule has 0 unspecified atom stereocenters. The minimum Gasteiger partial charge on any atom is -0.494 e. The van der Waals surface area contributed by atoms with Crippen molar-refractivity contribution >= 4 is 23.2 Å². The quantitative estimate of drug-likeness (QED) is 0.564. The lowest BCUT2D eigenvalue weighted by Gasteiger charge is -2.15. The Labute approximate surface area is 172 Å². The Bertz CT molecular complexity index is 868. The first kappa shape index (κ1) is 23.1. The molecule has 0 saturated carbocycles. The van der Waals surface area contributed by atoms with E-state index in [0.29, 0.717) is 24.5 Å². The fourth-order valence-electron chi connectivity index (χ4n) is 2.60. The van der Waals surface area contributed by atoms with Gasteiger partial charge in [0.15, 0.2) is 0 Å². The molecule has 0 radical (unpaired) electrons. The Morgan fingerprint density at radius 3 is 2.17 bits per heavy atom. The summed E-state index contributed by atoms with van der Waals surface area (Å²) < 4.78 is 50.7. The summed E-state index contributed by atoms with van der Waals surface area (Å²) in [5.41, 5.74) is -1.40. The van der Waals surface area contributed by atoms with Crippen LogP contribution in [0.2, 0.25) is 0 Å². The van der Waals surface area contributed by atoms with Crippen LogP contribution in [0.15, 0.2) is 42.5 Å². The Hall–Kier alpha value is -3.23. The molecule has 0 aliphatic rings. The van der Waals surface area contributed by atoms with E-state index in [0.717, 1.165) is 12.1 Å². The van der Waals surface area contributed by atoms with E-state index in [2.05, 4.69) is 10.6 Å². The van der Waals surface area contributed by atoms with Crippen molar-refractivity contribution in [3.05, 3.63) is 48.0 Å². The summed E-state index contributed by atoms with van der Waals surface area (Å²) in [6.07, 6.45) is -4.37. The average molecular weight is 424 g/mol. The van der Waals surface area contributed by atoms with Crippen LogP contribution in [0.3, 0.4) is 0 Å². The SMILES string of the molecule is CCOc1ccc(OCCCC(=O)Nc2ccc(NC(C)=O)cc2C(F)(F)F)cc1. The van der Waals surface area contributed by atoms with Crippen LogP contribution in [0, 0.1) is 0 Å². The summed E-state index contributed by atoms with van der Waals surface area (Å²) in [6.45, 7) is 3.86. The predicted octanol–water partition coefficient (Wildman–Crippen LogP) is 4.86. The molecule has 0 fully saturated rings. The van der Waals surface area contributed by atoms with Gasteiger partial charge in [-0.2, -0.15) is 13.2 Å². The lowest BCUT2D eigenvalue weighted by Crippen LogP contribution is -2.18. The van der Waals surface area contributed by atoms with Gasteiger partial charge in [-0.1, -0.05) is 0 Å². The van der Waals surface area contributed by atoms with Crippen molar-refractivity contribution in [2.75, 3.05) is 23.8 Å². The molecule has 2 aromatic carbocycles. The van der Waals surface area contributed by atoms with Crippen LogP contribution >= 0.6 is 0 Å². The first-order chi connectivity index (χ1) is 14.2. The Morgan fingerprint density at radius 2 is 1.60 bits per heavy atom. The number of alkyl halides is 3. The van der Waals surface area contributed by atoms with E-state index in [-0.39, 0.29) is 24.4 Å². The number of halogens is 3. The number of nitrogens with one attached hydrogen (secondary N) is 2. The summed E-state index contributed by atoms with van der Waals surface area (Å²) >= 11 is 0. The number of ether oxygens (including phenoxy) is 2. The summed E-state index contributed by atoms with van der Waals surface area (Å²) in [5, 5.41) is 4.56. The second-order valence-electron chi connectivity index (χ2n) is 6.34. The number of carbonyl (C=O) groups excluding carboxylic acids is 2. The van der Waals surface area contributed by atoms with Crippen molar-refractivity contribution in [3.63, 3.8) is 0 Å². The summed E-state index contributed by atoms with van der Waals surface area (Å²) in [4.78, 5) is 23.1. The third-order valence-electron chi connectivity index (χ3n) is 3.87. The van der Waals surface area contributed by atoms with Gasteiger partial charge in [-0.15, -0.1) is 0 Å². The molecule has 2 rings (SSSR count). The molecule has 0 aliphatic heterocycles. The van der Waals surface area contributed by atoms with Crippen LogP contribution in [0.25, 0.3) is 0 Å². The number of benzene rings is 2. The first-order valence-electron chi connectivity index (χ1n) is 9.33. The maximum Gasteiger partial charge on any atom is 0.418 e. The van der Waals surface area contributed by atoms with E-state index < -0.39 is 23.6 Å². The maximum atomic E-state index is 13.3. The van der Waals surface area contributed by atoms with E-state index in [9.17, 15) is 22.8 Å². The monoisotopic (exact) mass is 424 g/mol. The average Bonchev–Trinajstić information content (AvgIpc) is 2.67. The molecule has 0 heterocycles. The van der Waals surface area contributed by atoms with Crippen LogP contribution < -0.4 is 20.1 Å². The van der Waals surface area contributed by atoms with E-state index in [1.807, 2.05) is 6.92 Å². The maximum absolute atomic E-state index is 13.3. The number of hydrogen-bond donors (Lipinski definition) is 2. The highest BCUT2D eigenvalue weighted by molar-refractivity contribution is 5.93. The molecule has 2 aromatic rings. The Balaban J connectivity index is 1.88. The van der Waals surface area contributed by atoms with Crippen LogP contribution in [0.4, 0.5) is 24.5 Å². The second kappa shape index (κ2) is 10.5. The van der Waals surface area contributed by atoms with Crippen LogP contribution in [0.5, 0.6) is 11.5 Å². The van der Waals surface area contributed by atoms with Crippen molar-refractivity contribution < 1.29 is 32.2 Å². The van der Waals surface area contributed by atoms with Gasteiger partial charge < -0.3 is 20.1 Å². The zero-order chi connectivity index (χ0) is 22.1. The van der Waals surface area contributed by atoms with Crippen molar-refractivity contribution in [1.29, 1.82) is 0 Å². The van der Waals surface area contributed by atoms with Gasteiger partial charge in [-0.05, 0) is 55.8 Å². The summed E-state index contributed by atoms with van der Waals surface area (Å²) in [7, 11) is 0. The normalized spacial score (nSPS) is 11.0. The highest BCUT2D eigenvalue weighted by Crippen LogP contribution is 2.36. The van der Waals surface area contributed by atoms with E-state index in [4.69, 9.17) is 9.47 Å². The van der Waals surface area contributed by atoms with E-state index in [1.54, 1.807) is 24.3 Å². The third kappa shape index (κ3) is 7.31. The van der Waals surface area contributed by atoms with Crippen molar-refractivity contribution in [3.8, 4) is 11.5 Å². The molecule has 30 heavy (non-hydrogen) atoms. The molecule has 0 aromatic heterocycles. The van der Waals surface area contributed by atoms with E-state index in [1.165, 1.54) is 13.0 Å². The smallest absolute Gasteiger partial charge is 0.418 e. The number of hydrogen-bond acceptors (Lipinski definition) is 4. The Morgan fingerprint density at radius 1 is 0.967 bits per heavy atom. The lowest BCUT2D eigenvalue weighted by molar-refractivity contribution is -0.137. The van der Waals surface area contributed by atoms with Crippen LogP contribution in [-0.2, 0) is 15.8 Å². The minimum atomic E-state index is -4.69. The van der Waals surface area contributed by atoms with Gasteiger partial charge in [0, 0.05) is 19.0 Å². The Kier molecular flexibility index (Phi) is 8.08. The largest absolute Gasteiger partial charge is 0.494 e. The van der Waals surface area contributed by atoms with Crippen molar-refractivity contribution in [2.45, 2.75) is 32.9 Å². The van der Waals surface area contributed by atoms with Gasteiger partial charge in [0.2, 0.25) is 11.8 Å². The van der Waals surface area contributed by atoms with Gasteiger partial charge in [0.05, 0.1) is 24.5 Å². The molecule has 0 aliphatic carbocycles. The standard InChI is InChI=1S/C21H23F3N2O4/c1-3-29-16-7-9-17(10-8-16)30-12-4-5-20(28)26-19-11-6-15(25-14(2)27)13-18(19)21(22,23)24/h6-11,13H,3-5,12H2,1-2H3,(H,25,27)(H,26,28). The molecule has 9 heteroatoms. The van der Waals surface area contributed by atoms with Gasteiger partial charge in [-0.3, -0.25) is 9.59 Å². The topological polar surface area (TPSA) is 76.7 Å². The summed E-state index contributed by atoms with van der Waals surface area (Å²) in [6, 6.07) is 10.2. The van der Waals surface area contributed by atoms with Gasteiger partial charge in [-0.25, -0.2) is 0 Å². The number of amides is 2. The molecule has 2 amide bonds. The fraction of sp³-hybridized carbons (Fsp3) is 0.333. The van der Waals surface area contributed by atoms with Crippen molar-refractivity contribution in [1.82, 2.24) is 0 Å². The van der Waals surface area contributed by atoms with Gasteiger partial charge in [0.1, 0.15) is 11.5 Å². The number of rotatable bonds is 9. The van der Waals surface area contributed by atoms with Crippen LogP contribution in [0.1, 0.15) is 32.3 Å². The highest BCUT2D eigenvalue weighted by Gasteiger charge is 2.34. The zero-order valence-corrected chi connectivity index (χ0v) is 16.6. The molecule has 2 N–H and O–H groups in total. The third-order valence-corrected chi connectivity index (χ3v) is 3.87. The molecular weight excluding hydrogens is 401 g/mol. The minimum absolute atomic E-state index is 0.00317. The molecule has 0 saturated heterocycles. The molecule has 0 atom stereocenters. The molecule has 0 spiro atoms. The predicted molar refractivity (Wildman–Crippen MR) is 107 cm³/mol. The summed E-state index contributed by atoms with van der Waals surface area (Å²) in [5.74, 6) is 0.261. The zero-order valence-electron chi connectivity index (χ0n) is 16.6. The molecule has 0 bridgehead atoms. The number of anilines is 2. The lowest BCUT2D eigenvalue weighted by atomic mass is 10.1. The second-order valence-corrected chi connectivity index (χ2v) is 6.34. The van der Waals surface area contributed by atoms with Gasteiger partial charge >= 0.3 is 6.18 Å². The van der Waals surface area contributed by atoms with Gasteiger partial charge in [0.25, 0.3) is 0 Å². The molecule has 162 valence electrons. The van der Waals surface area contributed by atoms with E-state index >= 15 is 0 Å². The van der Waals surface area contributed by atoms with Crippen LogP contribution in [-0.4, -0.2) is 25.0 Å². The highest BCUT2D eigenvalue weighted by atomic mass is 19.4. The number of carbonyl (C=O) groups is 2. The fourth-order valence-corrected chi connectivity index (χ4v) is 2.60. The first-order valence-corrected chi connectivity index (χ1v) is 9.33. The molecular formula is C21H23F3N2O4.